The first-order valence-corrected chi connectivity index (χ1v) is 4.00. The summed E-state index contributed by atoms with van der Waals surface area (Å²) in [7, 11) is 0. The number of carboxylic acid groups (broad SMARTS) is 1. The second-order valence-corrected chi connectivity index (χ2v) is 2.86. The molecular weight excluding hydrogens is 158 g/mol. The normalized spacial score (nSPS) is 29.0. The highest BCUT2D eigenvalue weighted by Gasteiger charge is 2.25. The van der Waals surface area contributed by atoms with Crippen LogP contribution in [0.15, 0.2) is 11.8 Å². The molecule has 0 aliphatic carbocycles. The van der Waals surface area contributed by atoms with Gasteiger partial charge in [-0.15, -0.1) is 0 Å². The van der Waals surface area contributed by atoms with Gasteiger partial charge in [0.15, 0.2) is 6.23 Å². The highest BCUT2D eigenvalue weighted by molar-refractivity contribution is 5.84. The van der Waals surface area contributed by atoms with Gasteiger partial charge in [-0.1, -0.05) is 6.92 Å². The number of hydrogen-bond acceptors (Lipinski definition) is 3. The maximum atomic E-state index is 10.4. The van der Waals surface area contributed by atoms with Crippen molar-refractivity contribution in [3.05, 3.63) is 11.8 Å². The average Bonchev–Trinajstić information content (AvgIpc) is 2.04. The summed E-state index contributed by atoms with van der Waals surface area (Å²) < 4.78 is 4.99. The Bertz CT molecular complexity index is 212. The van der Waals surface area contributed by atoms with E-state index in [-0.39, 0.29) is 11.7 Å². The van der Waals surface area contributed by atoms with E-state index in [1.807, 2.05) is 6.92 Å². The molecule has 0 amide bonds. The van der Waals surface area contributed by atoms with Gasteiger partial charge in [-0.2, -0.15) is 0 Å². The minimum atomic E-state index is -1.04. The minimum Gasteiger partial charge on any atom is -0.475 e. The number of aliphatic carboxylic acids is 1. The molecule has 3 N–H and O–H groups in total. The van der Waals surface area contributed by atoms with E-state index in [2.05, 4.69) is 0 Å². The van der Waals surface area contributed by atoms with Crippen molar-refractivity contribution in [2.24, 2.45) is 11.7 Å². The summed E-state index contributed by atoms with van der Waals surface area (Å²) in [5, 5.41) is 8.57. The summed E-state index contributed by atoms with van der Waals surface area (Å²) >= 11 is 0. The van der Waals surface area contributed by atoms with Crippen molar-refractivity contribution >= 4 is 5.97 Å². The maximum absolute atomic E-state index is 10.4. The molecule has 0 aromatic heterocycles. The third kappa shape index (κ3) is 1.76. The molecule has 68 valence electrons. The molecule has 0 aromatic rings. The lowest BCUT2D eigenvalue weighted by Gasteiger charge is -2.26. The number of carbonyl (C=O) groups is 1. The number of ether oxygens (including phenoxy) is 1. The predicted molar refractivity (Wildman–Crippen MR) is 43.2 cm³/mol. The van der Waals surface area contributed by atoms with Crippen LogP contribution in [-0.2, 0) is 9.53 Å². The molecule has 4 nitrogen and oxygen atoms in total. The number of carboxylic acids is 1. The van der Waals surface area contributed by atoms with Gasteiger partial charge in [-0.3, -0.25) is 5.73 Å². The molecule has 0 saturated carbocycles. The molecule has 0 aromatic carbocycles. The topological polar surface area (TPSA) is 72.5 Å². The fraction of sp³-hybridized carbons (Fsp3) is 0.625. The van der Waals surface area contributed by atoms with Crippen LogP contribution in [0, 0.1) is 5.92 Å². The molecule has 0 radical (unpaired) electrons. The summed E-state index contributed by atoms with van der Waals surface area (Å²) in [4.78, 5) is 10.4. The van der Waals surface area contributed by atoms with E-state index in [1.54, 1.807) is 6.08 Å². The summed E-state index contributed by atoms with van der Waals surface area (Å²) in [6.45, 7) is 2.01. The first-order chi connectivity index (χ1) is 5.65. The van der Waals surface area contributed by atoms with Gasteiger partial charge >= 0.3 is 5.97 Å². The molecule has 1 aliphatic heterocycles. The largest absolute Gasteiger partial charge is 0.475 e. The molecule has 0 saturated heterocycles. The molecular formula is C8H13NO3. The zero-order valence-electron chi connectivity index (χ0n) is 6.99. The van der Waals surface area contributed by atoms with Crippen molar-refractivity contribution in [3.63, 3.8) is 0 Å². The van der Waals surface area contributed by atoms with Crippen LogP contribution in [-0.4, -0.2) is 17.3 Å². The summed E-state index contributed by atoms with van der Waals surface area (Å²) in [6.07, 6.45) is 2.72. The van der Waals surface area contributed by atoms with Crippen LogP contribution in [0.25, 0.3) is 0 Å². The standard InChI is InChI=1S/C8H13NO3/c1-2-5-3-4-6(8(10)11)12-7(5)9/h4-5,7H,2-3,9H2,1H3,(H,10,11). The Morgan fingerprint density at radius 1 is 1.92 bits per heavy atom. The Kier molecular flexibility index (Phi) is 2.70. The zero-order valence-corrected chi connectivity index (χ0v) is 6.99. The molecule has 0 bridgehead atoms. The van der Waals surface area contributed by atoms with Crippen LogP contribution in [0.3, 0.4) is 0 Å². The third-order valence-electron chi connectivity index (χ3n) is 2.07. The number of nitrogens with two attached hydrogens (primary N) is 1. The van der Waals surface area contributed by atoms with E-state index in [1.165, 1.54) is 0 Å². The molecule has 2 atom stereocenters. The highest BCUT2D eigenvalue weighted by atomic mass is 16.5. The average molecular weight is 171 g/mol. The summed E-state index contributed by atoms with van der Waals surface area (Å²) in [5.41, 5.74) is 5.59. The van der Waals surface area contributed by atoms with Crippen molar-refractivity contribution in [2.75, 3.05) is 0 Å². The zero-order chi connectivity index (χ0) is 9.14. The van der Waals surface area contributed by atoms with E-state index in [0.717, 1.165) is 6.42 Å². The molecule has 12 heavy (non-hydrogen) atoms. The monoisotopic (exact) mass is 171 g/mol. The van der Waals surface area contributed by atoms with Crippen LogP contribution < -0.4 is 5.73 Å². The van der Waals surface area contributed by atoms with E-state index in [9.17, 15) is 4.79 Å². The first kappa shape index (κ1) is 9.06. The van der Waals surface area contributed by atoms with Crippen LogP contribution >= 0.6 is 0 Å². The highest BCUT2D eigenvalue weighted by Crippen LogP contribution is 2.22. The lowest BCUT2D eigenvalue weighted by atomic mass is 9.98. The fourth-order valence-corrected chi connectivity index (χ4v) is 1.22. The van der Waals surface area contributed by atoms with Crippen molar-refractivity contribution in [2.45, 2.75) is 26.0 Å². The predicted octanol–water partition coefficient (Wildman–Crippen LogP) is 0.686. The quantitative estimate of drug-likeness (QED) is 0.641. The Morgan fingerprint density at radius 2 is 2.58 bits per heavy atom. The van der Waals surface area contributed by atoms with E-state index in [4.69, 9.17) is 15.6 Å². The molecule has 2 unspecified atom stereocenters. The maximum Gasteiger partial charge on any atom is 0.370 e. The molecule has 0 fully saturated rings. The molecule has 4 heteroatoms. The summed E-state index contributed by atoms with van der Waals surface area (Å²) in [6, 6.07) is 0. The summed E-state index contributed by atoms with van der Waals surface area (Å²) in [5.74, 6) is -0.819. The second-order valence-electron chi connectivity index (χ2n) is 2.86. The fourth-order valence-electron chi connectivity index (χ4n) is 1.22. The van der Waals surface area contributed by atoms with Crippen molar-refractivity contribution in [1.82, 2.24) is 0 Å². The van der Waals surface area contributed by atoms with Gasteiger partial charge < -0.3 is 9.84 Å². The van der Waals surface area contributed by atoms with Crippen molar-refractivity contribution in [1.29, 1.82) is 0 Å². The molecule has 1 heterocycles. The Balaban J connectivity index is 2.64. The Hall–Kier alpha value is -1.03. The van der Waals surface area contributed by atoms with E-state index in [0.29, 0.717) is 6.42 Å². The second kappa shape index (κ2) is 3.58. The van der Waals surface area contributed by atoms with Crippen molar-refractivity contribution in [3.8, 4) is 0 Å². The number of hydrogen-bond donors (Lipinski definition) is 2. The van der Waals surface area contributed by atoms with Crippen LogP contribution in [0.5, 0.6) is 0 Å². The number of allylic oxidation sites excluding steroid dienone is 1. The number of rotatable bonds is 2. The smallest absolute Gasteiger partial charge is 0.370 e. The van der Waals surface area contributed by atoms with Crippen molar-refractivity contribution < 1.29 is 14.6 Å². The van der Waals surface area contributed by atoms with Crippen LogP contribution in [0.2, 0.25) is 0 Å². The molecule has 1 rings (SSSR count). The van der Waals surface area contributed by atoms with Crippen LogP contribution in [0.1, 0.15) is 19.8 Å². The first-order valence-electron chi connectivity index (χ1n) is 4.00. The van der Waals surface area contributed by atoms with Gasteiger partial charge in [0.05, 0.1) is 0 Å². The van der Waals surface area contributed by atoms with E-state index >= 15 is 0 Å². The van der Waals surface area contributed by atoms with E-state index < -0.39 is 12.2 Å². The van der Waals surface area contributed by atoms with Gasteiger partial charge in [0.1, 0.15) is 0 Å². The Morgan fingerprint density at radius 3 is 3.00 bits per heavy atom. The molecule has 1 aliphatic rings. The minimum absolute atomic E-state index is 0.0211. The van der Waals surface area contributed by atoms with Gasteiger partial charge in [0, 0.05) is 5.92 Å². The lowest BCUT2D eigenvalue weighted by molar-refractivity contribution is -0.139. The van der Waals surface area contributed by atoms with Gasteiger partial charge in [0.25, 0.3) is 0 Å². The Labute approximate surface area is 71.0 Å². The SMILES string of the molecule is CCC1CC=C(C(=O)O)OC1N. The van der Waals surface area contributed by atoms with Gasteiger partial charge in [0.2, 0.25) is 5.76 Å². The van der Waals surface area contributed by atoms with Crippen LogP contribution in [0.4, 0.5) is 0 Å². The third-order valence-corrected chi connectivity index (χ3v) is 2.07. The van der Waals surface area contributed by atoms with Gasteiger partial charge in [-0.25, -0.2) is 4.79 Å². The lowest BCUT2D eigenvalue weighted by Crippen LogP contribution is -2.36. The van der Waals surface area contributed by atoms with Gasteiger partial charge in [-0.05, 0) is 18.9 Å². The molecule has 0 spiro atoms.